The zero-order chi connectivity index (χ0) is 21.0. The number of hydrogen-bond acceptors (Lipinski definition) is 3. The molecule has 0 unspecified atom stereocenters. The minimum atomic E-state index is -1.02. The predicted octanol–water partition coefficient (Wildman–Crippen LogP) is 3.20. The summed E-state index contributed by atoms with van der Waals surface area (Å²) in [5.74, 6) is -2.90. The van der Waals surface area contributed by atoms with Crippen LogP contribution in [-0.4, -0.2) is 54.3 Å². The molecule has 1 saturated heterocycles. The third-order valence-electron chi connectivity index (χ3n) is 4.94. The number of rotatable bonds is 5. The van der Waals surface area contributed by atoms with E-state index in [1.165, 1.54) is 12.1 Å². The lowest BCUT2D eigenvalue weighted by Gasteiger charge is -2.34. The van der Waals surface area contributed by atoms with Gasteiger partial charge >= 0.3 is 0 Å². The van der Waals surface area contributed by atoms with Gasteiger partial charge in [-0.15, -0.1) is 0 Å². The topological polar surface area (TPSA) is 52.7 Å². The highest BCUT2D eigenvalue weighted by molar-refractivity contribution is 5.94. The molecular formula is C21H22F3N3O2. The monoisotopic (exact) mass is 405 g/mol. The summed E-state index contributed by atoms with van der Waals surface area (Å²) in [6, 6.07) is 7.66. The quantitative estimate of drug-likeness (QED) is 0.831. The van der Waals surface area contributed by atoms with Crippen LogP contribution < -0.4 is 5.32 Å². The van der Waals surface area contributed by atoms with E-state index in [-0.39, 0.29) is 23.9 Å². The first-order chi connectivity index (χ1) is 13.8. The Balaban J connectivity index is 1.44. The van der Waals surface area contributed by atoms with E-state index in [4.69, 9.17) is 0 Å². The lowest BCUT2D eigenvalue weighted by atomic mass is 10.1. The fraction of sp³-hybridized carbons (Fsp3) is 0.333. The van der Waals surface area contributed by atoms with Crippen molar-refractivity contribution in [3.63, 3.8) is 0 Å². The van der Waals surface area contributed by atoms with E-state index in [0.717, 1.165) is 12.1 Å². The number of amides is 2. The lowest BCUT2D eigenvalue weighted by molar-refractivity contribution is -0.116. The van der Waals surface area contributed by atoms with E-state index in [1.807, 2.05) is 4.90 Å². The van der Waals surface area contributed by atoms with Crippen LogP contribution in [0.15, 0.2) is 36.4 Å². The van der Waals surface area contributed by atoms with Crippen LogP contribution >= 0.6 is 0 Å². The second kappa shape index (κ2) is 9.09. The van der Waals surface area contributed by atoms with Crippen LogP contribution in [0, 0.1) is 24.4 Å². The Morgan fingerprint density at radius 1 is 0.931 bits per heavy atom. The summed E-state index contributed by atoms with van der Waals surface area (Å²) >= 11 is 0. The van der Waals surface area contributed by atoms with E-state index in [9.17, 15) is 22.8 Å². The van der Waals surface area contributed by atoms with Crippen LogP contribution in [0.5, 0.6) is 0 Å². The molecule has 0 aliphatic carbocycles. The fourth-order valence-corrected chi connectivity index (χ4v) is 3.14. The molecule has 1 N–H and O–H groups in total. The highest BCUT2D eigenvalue weighted by Crippen LogP contribution is 2.15. The summed E-state index contributed by atoms with van der Waals surface area (Å²) in [5.41, 5.74) is 1.02. The standard InChI is InChI=1S/C21H22F3N3O2/c1-14-2-3-15(12-18(14)23)21(29)27-10-8-26(9-11-27)7-6-20(28)25-16-4-5-17(22)19(24)13-16/h2-5,12-13H,6-11H2,1H3,(H,25,28). The van der Waals surface area contributed by atoms with Crippen molar-refractivity contribution in [2.24, 2.45) is 0 Å². The Morgan fingerprint density at radius 2 is 1.66 bits per heavy atom. The Morgan fingerprint density at radius 3 is 2.31 bits per heavy atom. The van der Waals surface area contributed by atoms with Gasteiger partial charge in [0, 0.05) is 56.5 Å². The molecule has 5 nitrogen and oxygen atoms in total. The largest absolute Gasteiger partial charge is 0.336 e. The Kier molecular flexibility index (Phi) is 6.53. The van der Waals surface area contributed by atoms with Gasteiger partial charge < -0.3 is 10.2 Å². The van der Waals surface area contributed by atoms with Crippen LogP contribution in [-0.2, 0) is 4.79 Å². The molecule has 0 spiro atoms. The van der Waals surface area contributed by atoms with Gasteiger partial charge in [-0.1, -0.05) is 6.07 Å². The van der Waals surface area contributed by atoms with Crippen LogP contribution in [0.25, 0.3) is 0 Å². The van der Waals surface area contributed by atoms with Gasteiger partial charge in [0.15, 0.2) is 11.6 Å². The molecule has 8 heteroatoms. The average molecular weight is 405 g/mol. The van der Waals surface area contributed by atoms with Crippen molar-refractivity contribution < 1.29 is 22.8 Å². The highest BCUT2D eigenvalue weighted by Gasteiger charge is 2.23. The van der Waals surface area contributed by atoms with Crippen molar-refractivity contribution >= 4 is 17.5 Å². The van der Waals surface area contributed by atoms with Crippen molar-refractivity contribution in [2.75, 3.05) is 38.0 Å². The van der Waals surface area contributed by atoms with Gasteiger partial charge in [0.2, 0.25) is 5.91 Å². The molecule has 0 atom stereocenters. The molecule has 1 fully saturated rings. The molecule has 0 radical (unpaired) electrons. The average Bonchev–Trinajstić information content (AvgIpc) is 2.71. The Labute approximate surface area is 167 Å². The molecule has 1 aliphatic rings. The maximum absolute atomic E-state index is 13.7. The first-order valence-corrected chi connectivity index (χ1v) is 9.36. The molecular weight excluding hydrogens is 383 g/mol. The number of anilines is 1. The number of benzene rings is 2. The first kappa shape index (κ1) is 20.9. The number of aryl methyl sites for hydroxylation is 1. The zero-order valence-corrected chi connectivity index (χ0v) is 16.1. The molecule has 154 valence electrons. The van der Waals surface area contributed by atoms with Crippen LogP contribution in [0.1, 0.15) is 22.3 Å². The maximum atomic E-state index is 13.7. The van der Waals surface area contributed by atoms with E-state index in [1.54, 1.807) is 24.0 Å². The summed E-state index contributed by atoms with van der Waals surface area (Å²) in [6.45, 7) is 4.29. The molecule has 2 aromatic rings. The van der Waals surface area contributed by atoms with Crippen molar-refractivity contribution in [3.05, 3.63) is 65.0 Å². The number of carbonyl (C=O) groups is 2. The fourth-order valence-electron chi connectivity index (χ4n) is 3.14. The van der Waals surface area contributed by atoms with Gasteiger partial charge in [-0.25, -0.2) is 13.2 Å². The highest BCUT2D eigenvalue weighted by atomic mass is 19.2. The van der Waals surface area contributed by atoms with Crippen LogP contribution in [0.3, 0.4) is 0 Å². The number of nitrogens with one attached hydrogen (secondary N) is 1. The molecule has 1 aliphatic heterocycles. The summed E-state index contributed by atoms with van der Waals surface area (Å²) in [5, 5.41) is 2.54. The number of nitrogens with zero attached hydrogens (tertiary/aromatic N) is 2. The molecule has 0 aromatic heterocycles. The van der Waals surface area contributed by atoms with Crippen LogP contribution in [0.4, 0.5) is 18.9 Å². The van der Waals surface area contributed by atoms with E-state index in [2.05, 4.69) is 5.32 Å². The van der Waals surface area contributed by atoms with Gasteiger partial charge in [0.1, 0.15) is 5.82 Å². The summed E-state index contributed by atoms with van der Waals surface area (Å²) in [6.07, 6.45) is 0.191. The number of carbonyl (C=O) groups excluding carboxylic acids is 2. The van der Waals surface area contributed by atoms with E-state index < -0.39 is 17.5 Å². The van der Waals surface area contributed by atoms with Crippen LogP contribution in [0.2, 0.25) is 0 Å². The minimum Gasteiger partial charge on any atom is -0.336 e. The van der Waals surface area contributed by atoms with E-state index in [0.29, 0.717) is 43.9 Å². The van der Waals surface area contributed by atoms with Gasteiger partial charge in [-0.3, -0.25) is 14.5 Å². The van der Waals surface area contributed by atoms with E-state index >= 15 is 0 Å². The number of halogens is 3. The second-order valence-electron chi connectivity index (χ2n) is 7.02. The van der Waals surface area contributed by atoms with Crippen molar-refractivity contribution in [1.29, 1.82) is 0 Å². The smallest absolute Gasteiger partial charge is 0.254 e. The predicted molar refractivity (Wildman–Crippen MR) is 103 cm³/mol. The molecule has 29 heavy (non-hydrogen) atoms. The molecule has 0 saturated carbocycles. The summed E-state index contributed by atoms with van der Waals surface area (Å²) in [7, 11) is 0. The third-order valence-corrected chi connectivity index (χ3v) is 4.94. The van der Waals surface area contributed by atoms with Crippen molar-refractivity contribution in [2.45, 2.75) is 13.3 Å². The molecule has 2 aromatic carbocycles. The van der Waals surface area contributed by atoms with Gasteiger partial charge in [-0.05, 0) is 36.8 Å². The van der Waals surface area contributed by atoms with Gasteiger partial charge in [-0.2, -0.15) is 0 Å². The molecule has 1 heterocycles. The summed E-state index contributed by atoms with van der Waals surface area (Å²) in [4.78, 5) is 28.2. The normalized spacial score (nSPS) is 14.7. The van der Waals surface area contributed by atoms with Gasteiger partial charge in [0.05, 0.1) is 0 Å². The lowest BCUT2D eigenvalue weighted by Crippen LogP contribution is -2.49. The van der Waals surface area contributed by atoms with Gasteiger partial charge in [0.25, 0.3) is 5.91 Å². The molecule has 2 amide bonds. The minimum absolute atomic E-state index is 0.191. The third kappa shape index (κ3) is 5.35. The SMILES string of the molecule is Cc1ccc(C(=O)N2CCN(CCC(=O)Nc3ccc(F)c(F)c3)CC2)cc1F. The Bertz CT molecular complexity index is 912. The first-order valence-electron chi connectivity index (χ1n) is 9.36. The Hall–Kier alpha value is -2.87. The summed E-state index contributed by atoms with van der Waals surface area (Å²) < 4.78 is 39.8. The number of piperazine rings is 1. The second-order valence-corrected chi connectivity index (χ2v) is 7.02. The van der Waals surface area contributed by atoms with Crippen molar-refractivity contribution in [1.82, 2.24) is 9.80 Å². The number of hydrogen-bond donors (Lipinski definition) is 1. The molecule has 0 bridgehead atoms. The maximum Gasteiger partial charge on any atom is 0.254 e. The zero-order valence-electron chi connectivity index (χ0n) is 16.1. The van der Waals surface area contributed by atoms with Crippen molar-refractivity contribution in [3.8, 4) is 0 Å². The molecule has 3 rings (SSSR count).